The summed E-state index contributed by atoms with van der Waals surface area (Å²) in [5.74, 6) is 0.857. The molecule has 1 aromatic carbocycles. The summed E-state index contributed by atoms with van der Waals surface area (Å²) in [6, 6.07) is 7.11. The molecule has 69 heavy (non-hydrogen) atoms. The molecule has 8 rings (SSSR count). The first-order valence-electron chi connectivity index (χ1n) is 24.7. The third-order valence-corrected chi connectivity index (χ3v) is 14.0. The lowest BCUT2D eigenvalue weighted by molar-refractivity contribution is -0.146. The van der Waals surface area contributed by atoms with Crippen LogP contribution in [0.15, 0.2) is 36.5 Å². The molecule has 376 valence electrons. The first-order chi connectivity index (χ1) is 32.6. The molecule has 3 saturated carbocycles. The highest BCUT2D eigenvalue weighted by molar-refractivity contribution is 5.96. The number of hydrogen-bond donors (Lipinski definition) is 4. The van der Waals surface area contributed by atoms with Crippen molar-refractivity contribution < 1.29 is 48.0 Å². The van der Waals surface area contributed by atoms with Gasteiger partial charge in [0.25, 0.3) is 0 Å². The highest BCUT2D eigenvalue weighted by atomic mass is 16.6. The van der Waals surface area contributed by atoms with Crippen LogP contribution in [-0.4, -0.2) is 152 Å². The number of rotatable bonds is 16. The van der Waals surface area contributed by atoms with Gasteiger partial charge in [-0.2, -0.15) is 0 Å². The smallest absolute Gasteiger partial charge is 0.410 e. The quantitative estimate of drug-likeness (QED) is 0.133. The lowest BCUT2D eigenvalue weighted by Crippen LogP contribution is -2.59. The average molecular weight is 958 g/mol. The number of ether oxygens (including phenoxy) is 4. The fourth-order valence-corrected chi connectivity index (χ4v) is 10.1. The topological polar surface area (TPSA) is 219 Å². The molecule has 2 saturated heterocycles. The molecule has 19 heteroatoms. The number of hydrogen-bond acceptors (Lipinski definition) is 13. The normalized spacial score (nSPS) is 26.0. The number of aromatic nitrogens is 3. The molecule has 8 atom stereocenters. The summed E-state index contributed by atoms with van der Waals surface area (Å²) >= 11 is 0. The maximum Gasteiger partial charge on any atom is 0.410 e. The molecule has 2 aliphatic heterocycles. The van der Waals surface area contributed by atoms with E-state index in [9.17, 15) is 29.1 Å². The SMILES string of the molecule is CC[C@@H]1C[C@]1(NC(=O)[C@@H]1C[C@@H](Oc2cc(-n3ccc(NC(C)C)n3)nc3cc(OCCN4CCN(C(=O)OC(C)(C)C)CC4)ccc23)CN1C(=O)C(NC(=O)OC1C[C@@H]2C[C@@H]2C1)C(C)(C)C)C(=O)O. The molecule has 5 fully saturated rings. The number of carboxylic acids is 1. The second-order valence-electron chi connectivity index (χ2n) is 22.0. The number of carbonyl (C=O) groups excluding carboxylic acids is 4. The third kappa shape index (κ3) is 11.6. The minimum Gasteiger partial charge on any atom is -0.492 e. The van der Waals surface area contributed by atoms with Crippen molar-refractivity contribution in [3.8, 4) is 17.3 Å². The van der Waals surface area contributed by atoms with Crippen molar-refractivity contribution in [1.29, 1.82) is 0 Å². The number of likely N-dealkylation sites (tertiary alicyclic amines) is 1. The van der Waals surface area contributed by atoms with Gasteiger partial charge < -0.3 is 49.8 Å². The van der Waals surface area contributed by atoms with Crippen molar-refractivity contribution in [2.24, 2.45) is 23.2 Å². The van der Waals surface area contributed by atoms with Gasteiger partial charge in [-0.1, -0.05) is 34.1 Å². The monoisotopic (exact) mass is 958 g/mol. The molecule has 4 N–H and O–H groups in total. The number of nitrogens with zero attached hydrogens (tertiary/aromatic N) is 6. The van der Waals surface area contributed by atoms with Gasteiger partial charge in [0.05, 0.1) is 12.1 Å². The highest BCUT2D eigenvalue weighted by Gasteiger charge is 2.61. The molecule has 0 radical (unpaired) electrons. The zero-order chi connectivity index (χ0) is 49.6. The number of nitrogens with one attached hydrogen (secondary N) is 3. The Hall–Kier alpha value is -5.85. The minimum absolute atomic E-state index is 0.0277. The van der Waals surface area contributed by atoms with Crippen molar-refractivity contribution in [3.05, 3.63) is 36.5 Å². The van der Waals surface area contributed by atoms with Crippen LogP contribution in [0.25, 0.3) is 16.7 Å². The Morgan fingerprint density at radius 2 is 1.65 bits per heavy atom. The van der Waals surface area contributed by atoms with Crippen LogP contribution in [0.5, 0.6) is 11.5 Å². The third-order valence-electron chi connectivity index (χ3n) is 14.0. The van der Waals surface area contributed by atoms with E-state index in [-0.39, 0.29) is 43.5 Å². The maximum absolute atomic E-state index is 14.9. The largest absolute Gasteiger partial charge is 0.492 e. The van der Waals surface area contributed by atoms with Gasteiger partial charge in [0.1, 0.15) is 59.4 Å². The van der Waals surface area contributed by atoms with E-state index >= 15 is 0 Å². The number of piperazine rings is 1. The fourth-order valence-electron chi connectivity index (χ4n) is 10.1. The van der Waals surface area contributed by atoms with E-state index in [1.165, 1.54) is 11.3 Å². The van der Waals surface area contributed by atoms with Crippen molar-refractivity contribution in [2.45, 2.75) is 142 Å². The van der Waals surface area contributed by atoms with Gasteiger partial charge in [-0.05, 0) is 95.6 Å². The second kappa shape index (κ2) is 19.5. The van der Waals surface area contributed by atoms with Gasteiger partial charge in [-0.15, -0.1) is 5.10 Å². The van der Waals surface area contributed by atoms with Crippen molar-refractivity contribution >= 4 is 46.7 Å². The van der Waals surface area contributed by atoms with E-state index in [1.54, 1.807) is 21.8 Å². The number of amides is 4. The van der Waals surface area contributed by atoms with E-state index in [0.29, 0.717) is 91.6 Å². The molecule has 3 aromatic rings. The molecule has 2 unspecified atom stereocenters. The Morgan fingerprint density at radius 3 is 2.29 bits per heavy atom. The van der Waals surface area contributed by atoms with Crippen LogP contribution in [0.3, 0.4) is 0 Å². The summed E-state index contributed by atoms with van der Waals surface area (Å²) in [6.07, 6.45) is 3.58. The summed E-state index contributed by atoms with van der Waals surface area (Å²) in [5, 5.41) is 24.6. The average Bonchev–Trinajstić information content (AvgIpc) is 3.94. The molecule has 5 aliphatic rings. The number of carbonyl (C=O) groups is 5. The van der Waals surface area contributed by atoms with Crippen LogP contribution in [0, 0.1) is 23.2 Å². The zero-order valence-corrected chi connectivity index (χ0v) is 41.6. The summed E-state index contributed by atoms with van der Waals surface area (Å²) in [6.45, 7) is 20.5. The molecule has 3 aliphatic carbocycles. The summed E-state index contributed by atoms with van der Waals surface area (Å²) in [7, 11) is 0. The Morgan fingerprint density at radius 1 is 0.928 bits per heavy atom. The van der Waals surface area contributed by atoms with E-state index in [0.717, 1.165) is 12.8 Å². The first kappa shape index (κ1) is 49.6. The summed E-state index contributed by atoms with van der Waals surface area (Å²) in [5.41, 5.74) is -2.22. The van der Waals surface area contributed by atoms with Gasteiger partial charge in [0, 0.05) is 75.0 Å². The highest BCUT2D eigenvalue weighted by Crippen LogP contribution is 2.52. The standard InChI is InChI=1S/C50H71N9O10/c1-10-32-27-50(32,45(62)63)54-43(60)38-25-35(28-58(38)44(61)42(48(4,5)6)53-46(64)68-34-22-30-21-31(30)23-34)67-39-26-41(59-14-13-40(55-59)51-29(2)3)52-37-24-33(11-12-36(37)39)66-20-19-56-15-17-57(18-16-56)47(65)69-49(7,8)9/h11-14,24,26,29-32,34-35,38,42H,10,15-23,25,27-28H2,1-9H3,(H,51,55)(H,53,64)(H,54,60)(H,62,63)/t30-,31+,32-,34?,35-,38+,42?,50-/m1/s1. The van der Waals surface area contributed by atoms with Crippen molar-refractivity contribution in [1.82, 2.24) is 40.1 Å². The van der Waals surface area contributed by atoms with Crippen LogP contribution in [-0.2, 0) is 23.9 Å². The number of pyridine rings is 1. The molecule has 19 nitrogen and oxygen atoms in total. The van der Waals surface area contributed by atoms with E-state index in [1.807, 2.05) is 86.6 Å². The van der Waals surface area contributed by atoms with E-state index < -0.39 is 58.6 Å². The lowest BCUT2D eigenvalue weighted by Gasteiger charge is -2.35. The number of aliphatic carboxylic acids is 1. The molecular formula is C50H71N9O10. The predicted molar refractivity (Wildman–Crippen MR) is 256 cm³/mol. The minimum atomic E-state index is -1.42. The number of benzene rings is 1. The maximum atomic E-state index is 14.9. The molecule has 0 spiro atoms. The molecule has 0 bridgehead atoms. The van der Waals surface area contributed by atoms with E-state index in [4.69, 9.17) is 29.0 Å². The number of carboxylic acid groups (broad SMARTS) is 1. The zero-order valence-electron chi connectivity index (χ0n) is 41.6. The number of alkyl carbamates (subject to hydrolysis) is 1. The number of anilines is 1. The molecular weight excluding hydrogens is 887 g/mol. The fraction of sp³-hybridized carbons (Fsp3) is 0.660. The Balaban J connectivity index is 1.03. The van der Waals surface area contributed by atoms with Gasteiger partial charge in [0.2, 0.25) is 11.8 Å². The van der Waals surface area contributed by atoms with Crippen LogP contribution in [0.2, 0.25) is 0 Å². The van der Waals surface area contributed by atoms with Crippen molar-refractivity contribution in [2.75, 3.05) is 51.2 Å². The molecule has 2 aromatic heterocycles. The summed E-state index contributed by atoms with van der Waals surface area (Å²) in [4.78, 5) is 78.2. The van der Waals surface area contributed by atoms with Gasteiger partial charge in [-0.3, -0.25) is 14.5 Å². The van der Waals surface area contributed by atoms with Crippen LogP contribution in [0.1, 0.15) is 101 Å². The Labute approximate surface area is 404 Å². The van der Waals surface area contributed by atoms with Gasteiger partial charge in [-0.25, -0.2) is 24.0 Å². The first-order valence-corrected chi connectivity index (χ1v) is 24.7. The Kier molecular flexibility index (Phi) is 14.0. The molecule has 4 heterocycles. The summed E-state index contributed by atoms with van der Waals surface area (Å²) < 4.78 is 26.1. The van der Waals surface area contributed by atoms with Gasteiger partial charge >= 0.3 is 18.2 Å². The predicted octanol–water partition coefficient (Wildman–Crippen LogP) is 5.83. The van der Waals surface area contributed by atoms with Crippen LogP contribution < -0.4 is 25.4 Å². The lowest BCUT2D eigenvalue weighted by atomic mass is 9.85. The van der Waals surface area contributed by atoms with Gasteiger partial charge in [0.15, 0.2) is 5.82 Å². The molecule has 4 amide bonds. The second-order valence-corrected chi connectivity index (χ2v) is 22.0. The van der Waals surface area contributed by atoms with Crippen LogP contribution >= 0.6 is 0 Å². The number of fused-ring (bicyclic) bond motifs is 2. The Bertz CT molecular complexity index is 2390. The van der Waals surface area contributed by atoms with Crippen LogP contribution in [0.4, 0.5) is 15.4 Å². The van der Waals surface area contributed by atoms with Crippen molar-refractivity contribution in [3.63, 3.8) is 0 Å². The van der Waals surface area contributed by atoms with E-state index in [2.05, 4.69) is 20.9 Å².